The minimum atomic E-state index is -1.07. The van der Waals surface area contributed by atoms with Gasteiger partial charge >= 0.3 is 5.97 Å². The molecule has 1 aliphatic heterocycles. The van der Waals surface area contributed by atoms with Gasteiger partial charge in [0.25, 0.3) is 0 Å². The van der Waals surface area contributed by atoms with E-state index in [1.54, 1.807) is 60.7 Å². The summed E-state index contributed by atoms with van der Waals surface area (Å²) in [7, 11) is 1.81. The average molecular weight is 681 g/mol. The van der Waals surface area contributed by atoms with Gasteiger partial charge in [0.2, 0.25) is 5.88 Å². The highest BCUT2D eigenvalue weighted by atomic mass is 35.5. The molecule has 2 aromatic carbocycles. The van der Waals surface area contributed by atoms with Gasteiger partial charge in [-0.05, 0) is 60.4 Å². The summed E-state index contributed by atoms with van der Waals surface area (Å²) in [5.41, 5.74) is 3.31. The summed E-state index contributed by atoms with van der Waals surface area (Å²) in [6, 6.07) is 13.3. The summed E-state index contributed by atoms with van der Waals surface area (Å²) in [5, 5.41) is 14.0. The molecule has 13 heteroatoms. The normalized spacial score (nSPS) is 13.9. The summed E-state index contributed by atoms with van der Waals surface area (Å²) < 4.78 is 46.1. The summed E-state index contributed by atoms with van der Waals surface area (Å²) in [5.74, 6) is 4.20. The molecule has 1 N–H and O–H groups in total. The maximum Gasteiger partial charge on any atom is 0.335 e. The summed E-state index contributed by atoms with van der Waals surface area (Å²) in [4.78, 5) is 25.0. The summed E-state index contributed by atoms with van der Waals surface area (Å²) in [6.07, 6.45) is 5.75. The van der Waals surface area contributed by atoms with Gasteiger partial charge in [-0.2, -0.15) is 5.10 Å². The van der Waals surface area contributed by atoms with Gasteiger partial charge in [-0.1, -0.05) is 23.6 Å². The van der Waals surface area contributed by atoms with Crippen LogP contribution in [0.15, 0.2) is 73.2 Å². The Kier molecular flexibility index (Phi) is 8.78. The number of fused-ring (bicyclic) bond motifs is 1. The number of carbonyl (C=O) groups is 1. The average Bonchev–Trinajstić information content (AvgIpc) is 3.64. The van der Waals surface area contributed by atoms with E-state index < -0.39 is 17.6 Å². The molecule has 246 valence electrons. The number of carboxylic acid groups (broad SMARTS) is 1. The van der Waals surface area contributed by atoms with Crippen LogP contribution in [0.3, 0.4) is 0 Å². The second kappa shape index (κ2) is 13.5. The molecule has 1 fully saturated rings. The van der Waals surface area contributed by atoms with Crippen molar-refractivity contribution in [2.75, 3.05) is 6.61 Å². The monoisotopic (exact) mass is 680 g/mol. The molecular formula is C36H27ClF2N6O4. The molecule has 0 spiro atoms. The fourth-order valence-corrected chi connectivity index (χ4v) is 5.63. The molecule has 1 saturated heterocycles. The Labute approximate surface area is 283 Å². The number of benzene rings is 2. The number of aryl methyl sites for hydroxylation is 1. The first-order valence-corrected chi connectivity index (χ1v) is 15.7. The molecule has 0 amide bonds. The van der Waals surface area contributed by atoms with Crippen LogP contribution < -0.4 is 4.74 Å². The fourth-order valence-electron chi connectivity index (χ4n) is 5.42. The SMILES string of the molecule is Cn1cc(C#Cc2cc(Cl)c(COc3cccc(-c4cc(F)c(Cc5nc6ccc(C(=O)O)cc6n5C[C@@H]5CCO5)cc4F)n3)cn2)cn1. The van der Waals surface area contributed by atoms with E-state index in [0.717, 1.165) is 24.1 Å². The van der Waals surface area contributed by atoms with Crippen molar-refractivity contribution in [3.8, 4) is 29.0 Å². The Balaban J connectivity index is 1.08. The van der Waals surface area contributed by atoms with Crippen LogP contribution in [0.1, 0.15) is 45.0 Å². The zero-order chi connectivity index (χ0) is 34.1. The topological polar surface area (TPSA) is 117 Å². The van der Waals surface area contributed by atoms with E-state index in [2.05, 4.69) is 31.9 Å². The third-order valence-corrected chi connectivity index (χ3v) is 8.43. The van der Waals surface area contributed by atoms with Gasteiger partial charge in [0.15, 0.2) is 0 Å². The van der Waals surface area contributed by atoms with E-state index in [4.69, 9.17) is 21.1 Å². The van der Waals surface area contributed by atoms with Crippen LogP contribution in [-0.4, -0.2) is 53.1 Å². The number of nitrogens with zero attached hydrogens (tertiary/aromatic N) is 6. The highest BCUT2D eigenvalue weighted by Crippen LogP contribution is 2.29. The largest absolute Gasteiger partial charge is 0.478 e. The molecule has 6 aromatic rings. The smallest absolute Gasteiger partial charge is 0.335 e. The van der Waals surface area contributed by atoms with Gasteiger partial charge in [0.05, 0.1) is 51.7 Å². The number of aromatic carboxylic acids is 1. The number of hydrogen-bond donors (Lipinski definition) is 1. The van der Waals surface area contributed by atoms with E-state index in [1.807, 2.05) is 4.57 Å². The van der Waals surface area contributed by atoms with Crippen molar-refractivity contribution in [1.82, 2.24) is 29.3 Å². The Morgan fingerprint density at radius 2 is 1.94 bits per heavy atom. The molecule has 1 atom stereocenters. The van der Waals surface area contributed by atoms with Crippen molar-refractivity contribution in [1.29, 1.82) is 0 Å². The quantitative estimate of drug-likeness (QED) is 0.179. The molecule has 5 heterocycles. The van der Waals surface area contributed by atoms with Crippen LogP contribution in [0.2, 0.25) is 5.02 Å². The van der Waals surface area contributed by atoms with Crippen molar-refractivity contribution < 1.29 is 28.2 Å². The van der Waals surface area contributed by atoms with Gasteiger partial charge < -0.3 is 19.1 Å². The molecule has 0 aliphatic carbocycles. The first kappa shape index (κ1) is 31.9. The number of ether oxygens (including phenoxy) is 2. The van der Waals surface area contributed by atoms with Crippen LogP contribution in [-0.2, 0) is 31.4 Å². The molecule has 4 aromatic heterocycles. The van der Waals surface area contributed by atoms with Gasteiger partial charge in [0.1, 0.15) is 29.8 Å². The summed E-state index contributed by atoms with van der Waals surface area (Å²) in [6.45, 7) is 1.09. The lowest BCUT2D eigenvalue weighted by atomic mass is 10.0. The Morgan fingerprint density at radius 3 is 2.67 bits per heavy atom. The van der Waals surface area contributed by atoms with Gasteiger partial charge in [-0.25, -0.2) is 28.5 Å². The molecule has 0 radical (unpaired) electrons. The number of pyridine rings is 2. The molecular weight excluding hydrogens is 654 g/mol. The van der Waals surface area contributed by atoms with E-state index in [0.29, 0.717) is 46.3 Å². The van der Waals surface area contributed by atoms with E-state index in [1.165, 1.54) is 12.1 Å². The second-order valence-electron chi connectivity index (χ2n) is 11.5. The number of carboxylic acids is 1. The predicted octanol–water partition coefficient (Wildman–Crippen LogP) is 6.22. The molecule has 10 nitrogen and oxygen atoms in total. The number of hydrogen-bond acceptors (Lipinski definition) is 7. The molecule has 1 aliphatic rings. The number of rotatable bonds is 9. The van der Waals surface area contributed by atoms with E-state index in [-0.39, 0.29) is 47.4 Å². The first-order chi connectivity index (χ1) is 23.7. The zero-order valence-electron chi connectivity index (χ0n) is 26.0. The number of aromatic nitrogens is 6. The van der Waals surface area contributed by atoms with Crippen molar-refractivity contribution in [2.45, 2.75) is 32.1 Å². The van der Waals surface area contributed by atoms with Crippen LogP contribution >= 0.6 is 11.6 Å². The van der Waals surface area contributed by atoms with E-state index >= 15 is 8.78 Å². The van der Waals surface area contributed by atoms with Crippen LogP contribution in [0.25, 0.3) is 22.3 Å². The predicted molar refractivity (Wildman–Crippen MR) is 176 cm³/mol. The second-order valence-corrected chi connectivity index (χ2v) is 11.9. The summed E-state index contributed by atoms with van der Waals surface area (Å²) >= 11 is 6.46. The van der Waals surface area contributed by atoms with Gasteiger partial charge in [0, 0.05) is 49.7 Å². The van der Waals surface area contributed by atoms with Crippen LogP contribution in [0, 0.1) is 23.5 Å². The van der Waals surface area contributed by atoms with Crippen molar-refractivity contribution in [2.24, 2.45) is 7.05 Å². The molecule has 0 bridgehead atoms. The highest BCUT2D eigenvalue weighted by molar-refractivity contribution is 6.31. The minimum absolute atomic E-state index is 0.0218. The lowest BCUT2D eigenvalue weighted by molar-refractivity contribution is -0.0589. The highest BCUT2D eigenvalue weighted by Gasteiger charge is 2.24. The fraction of sp³-hybridized carbons (Fsp3) is 0.194. The number of halogens is 3. The Bertz CT molecular complexity index is 2290. The minimum Gasteiger partial charge on any atom is -0.478 e. The Morgan fingerprint density at radius 1 is 1.08 bits per heavy atom. The lowest BCUT2D eigenvalue weighted by Gasteiger charge is -2.27. The lowest BCUT2D eigenvalue weighted by Crippen LogP contribution is -2.31. The third kappa shape index (κ3) is 6.99. The maximum absolute atomic E-state index is 15.6. The van der Waals surface area contributed by atoms with Crippen molar-refractivity contribution in [3.63, 3.8) is 0 Å². The number of imidazole rings is 1. The van der Waals surface area contributed by atoms with Crippen LogP contribution in [0.5, 0.6) is 5.88 Å². The third-order valence-electron chi connectivity index (χ3n) is 8.08. The Hall–Kier alpha value is -5.64. The van der Waals surface area contributed by atoms with Gasteiger partial charge in [-0.15, -0.1) is 0 Å². The van der Waals surface area contributed by atoms with E-state index in [9.17, 15) is 9.90 Å². The van der Waals surface area contributed by atoms with Gasteiger partial charge in [-0.3, -0.25) is 4.68 Å². The molecule has 49 heavy (non-hydrogen) atoms. The standard InChI is InChI=1S/C36H27ClF2N6O4/c1-44-18-21(16-41-44)5-7-25-14-28(37)24(17-40-25)20-49-35-4-2-3-31(43-35)27-15-29(38)23(11-30(27)39)13-34-42-32-8-6-22(36(46)47)12-33(32)45(34)19-26-9-10-48-26/h2-4,6,8,11-12,14-18,26H,9-10,13,19-20H2,1H3,(H,46,47)/t26-/m0/s1. The molecule has 0 unspecified atom stereocenters. The van der Waals surface area contributed by atoms with Crippen LogP contribution in [0.4, 0.5) is 8.78 Å². The zero-order valence-corrected chi connectivity index (χ0v) is 26.8. The molecule has 7 rings (SSSR count). The maximum atomic E-state index is 15.6. The van der Waals surface area contributed by atoms with Crippen molar-refractivity contribution in [3.05, 3.63) is 124 Å². The first-order valence-electron chi connectivity index (χ1n) is 15.3. The molecule has 0 saturated carbocycles. The van der Waals surface area contributed by atoms with Crippen molar-refractivity contribution >= 4 is 28.6 Å².